The maximum Gasteiger partial charge on any atom is 0.245 e. The average Bonchev–Trinajstić information content (AvgIpc) is 1.63. The molecule has 0 aromatic carbocycles. The molecule has 9 heavy (non-hydrogen) atoms. The second kappa shape index (κ2) is 3.12. The van der Waals surface area contributed by atoms with Crippen LogP contribution in [0, 0.1) is 0 Å². The Hall–Kier alpha value is -0.990. The fraction of sp³-hybridized carbons (Fsp3) is 0.500. The van der Waals surface area contributed by atoms with Gasteiger partial charge in [-0.05, 0) is 6.92 Å². The zero-order chi connectivity index (χ0) is 7.44. The van der Waals surface area contributed by atoms with E-state index in [4.69, 9.17) is 5.73 Å². The van der Waals surface area contributed by atoms with Gasteiger partial charge in [-0.2, -0.15) is 0 Å². The summed E-state index contributed by atoms with van der Waals surface area (Å²) in [6.45, 7) is 1.68. The molecule has 0 unspecified atom stereocenters. The van der Waals surface area contributed by atoms with Crippen molar-refractivity contribution in [2.45, 2.75) is 6.92 Å². The van der Waals surface area contributed by atoms with Crippen molar-refractivity contribution in [2.24, 2.45) is 5.73 Å². The molecular formula is C6H12N2O. The summed E-state index contributed by atoms with van der Waals surface area (Å²) >= 11 is 0. The third-order valence-electron chi connectivity index (χ3n) is 0.841. The van der Waals surface area contributed by atoms with Crippen LogP contribution in [0.4, 0.5) is 0 Å². The minimum Gasteiger partial charge on any atom is -0.383 e. The molecule has 1 amide bonds. The molecule has 0 aliphatic rings. The molecule has 0 rings (SSSR count). The highest BCUT2D eigenvalue weighted by molar-refractivity contribution is 5.91. The lowest BCUT2D eigenvalue weighted by Gasteiger charge is -2.04. The van der Waals surface area contributed by atoms with Crippen LogP contribution in [0.25, 0.3) is 0 Å². The Morgan fingerprint density at radius 3 is 2.11 bits per heavy atom. The first-order valence-corrected chi connectivity index (χ1v) is 2.68. The monoisotopic (exact) mass is 128 g/mol. The van der Waals surface area contributed by atoms with Crippen LogP contribution in [0.5, 0.6) is 0 Å². The number of carbonyl (C=O) groups is 1. The van der Waals surface area contributed by atoms with E-state index in [1.54, 1.807) is 18.0 Å². The highest BCUT2D eigenvalue weighted by atomic mass is 16.1. The molecular weight excluding hydrogens is 116 g/mol. The summed E-state index contributed by atoms with van der Waals surface area (Å²) in [4.78, 5) is 12.1. The Morgan fingerprint density at radius 2 is 2.00 bits per heavy atom. The van der Waals surface area contributed by atoms with Crippen LogP contribution in [-0.4, -0.2) is 24.9 Å². The summed E-state index contributed by atoms with van der Waals surface area (Å²) in [6, 6.07) is 0. The predicted molar refractivity (Wildman–Crippen MR) is 36.6 cm³/mol. The topological polar surface area (TPSA) is 46.3 Å². The van der Waals surface area contributed by atoms with Gasteiger partial charge in [0.2, 0.25) is 5.91 Å². The van der Waals surface area contributed by atoms with Gasteiger partial charge in [0, 0.05) is 25.9 Å². The van der Waals surface area contributed by atoms with E-state index in [-0.39, 0.29) is 5.91 Å². The van der Waals surface area contributed by atoms with E-state index < -0.39 is 0 Å². The van der Waals surface area contributed by atoms with E-state index in [1.165, 1.54) is 0 Å². The van der Waals surface area contributed by atoms with E-state index in [9.17, 15) is 4.79 Å². The predicted octanol–water partition coefficient (Wildman–Crippen LogP) is -0.0629. The van der Waals surface area contributed by atoms with Crippen molar-refractivity contribution >= 4 is 5.91 Å². The van der Waals surface area contributed by atoms with E-state index in [2.05, 4.69) is 0 Å². The zero-order valence-corrected chi connectivity index (χ0v) is 6.01. The lowest BCUT2D eigenvalue weighted by atomic mass is 10.3. The van der Waals surface area contributed by atoms with Crippen LogP contribution >= 0.6 is 0 Å². The van der Waals surface area contributed by atoms with E-state index in [0.29, 0.717) is 5.57 Å². The molecule has 52 valence electrons. The molecule has 0 atom stereocenters. The standard InChI is InChI=1S/C6H12N2O/c1-5(6(7)9)4-8(2)3/h4H,1-3H3,(H2,7,9)/b5-4-. The Labute approximate surface area is 55.1 Å². The van der Waals surface area contributed by atoms with E-state index >= 15 is 0 Å². The van der Waals surface area contributed by atoms with Crippen molar-refractivity contribution in [2.75, 3.05) is 14.1 Å². The van der Waals surface area contributed by atoms with Crippen molar-refractivity contribution < 1.29 is 4.79 Å². The summed E-state index contributed by atoms with van der Waals surface area (Å²) in [5.74, 6) is -0.372. The van der Waals surface area contributed by atoms with Gasteiger partial charge in [0.05, 0.1) is 0 Å². The van der Waals surface area contributed by atoms with Crippen LogP contribution in [0.2, 0.25) is 0 Å². The molecule has 0 fully saturated rings. The number of hydrogen-bond donors (Lipinski definition) is 1. The molecule has 0 saturated heterocycles. The second-order valence-corrected chi connectivity index (χ2v) is 2.14. The fourth-order valence-corrected chi connectivity index (χ4v) is 0.451. The van der Waals surface area contributed by atoms with Crippen LogP contribution < -0.4 is 5.73 Å². The van der Waals surface area contributed by atoms with Gasteiger partial charge in [-0.15, -0.1) is 0 Å². The van der Waals surface area contributed by atoms with Crippen molar-refractivity contribution in [1.29, 1.82) is 0 Å². The van der Waals surface area contributed by atoms with Gasteiger partial charge in [0.25, 0.3) is 0 Å². The largest absolute Gasteiger partial charge is 0.383 e. The Bertz CT molecular complexity index is 138. The molecule has 0 heterocycles. The smallest absolute Gasteiger partial charge is 0.245 e. The fourth-order valence-electron chi connectivity index (χ4n) is 0.451. The maximum absolute atomic E-state index is 10.4. The molecule has 3 heteroatoms. The van der Waals surface area contributed by atoms with Crippen molar-refractivity contribution in [3.05, 3.63) is 11.8 Å². The number of hydrogen-bond acceptors (Lipinski definition) is 2. The van der Waals surface area contributed by atoms with Gasteiger partial charge >= 0.3 is 0 Å². The molecule has 3 nitrogen and oxygen atoms in total. The molecule has 0 bridgehead atoms. The van der Waals surface area contributed by atoms with Crippen molar-refractivity contribution in [3.8, 4) is 0 Å². The number of nitrogens with zero attached hydrogens (tertiary/aromatic N) is 1. The third-order valence-corrected chi connectivity index (χ3v) is 0.841. The van der Waals surface area contributed by atoms with Crippen molar-refractivity contribution in [3.63, 3.8) is 0 Å². The molecule has 0 aromatic heterocycles. The molecule has 2 N–H and O–H groups in total. The van der Waals surface area contributed by atoms with Crippen molar-refractivity contribution in [1.82, 2.24) is 4.90 Å². The Balaban J connectivity index is 4.00. The van der Waals surface area contributed by atoms with Gasteiger partial charge in [0.1, 0.15) is 0 Å². The number of nitrogens with two attached hydrogens (primary N) is 1. The summed E-state index contributed by atoms with van der Waals surface area (Å²) in [5, 5.41) is 0. The molecule has 0 radical (unpaired) electrons. The minimum absolute atomic E-state index is 0.372. The van der Waals surface area contributed by atoms with E-state index in [0.717, 1.165) is 0 Å². The number of carbonyl (C=O) groups excluding carboxylic acids is 1. The lowest BCUT2D eigenvalue weighted by molar-refractivity contribution is -0.114. The third kappa shape index (κ3) is 3.58. The first kappa shape index (κ1) is 8.01. The van der Waals surface area contributed by atoms with Gasteiger partial charge in [-0.25, -0.2) is 0 Å². The zero-order valence-electron chi connectivity index (χ0n) is 6.01. The lowest BCUT2D eigenvalue weighted by Crippen LogP contribution is -2.14. The van der Waals surface area contributed by atoms with Crippen LogP contribution in [0.15, 0.2) is 11.8 Å². The maximum atomic E-state index is 10.4. The first-order chi connectivity index (χ1) is 4.04. The normalized spacial score (nSPS) is 11.2. The number of rotatable bonds is 2. The summed E-state index contributed by atoms with van der Waals surface area (Å²) < 4.78 is 0. The van der Waals surface area contributed by atoms with Gasteiger partial charge < -0.3 is 10.6 Å². The Morgan fingerprint density at radius 1 is 1.56 bits per heavy atom. The summed E-state index contributed by atoms with van der Waals surface area (Å²) in [6.07, 6.45) is 1.68. The quantitative estimate of drug-likeness (QED) is 0.529. The van der Waals surface area contributed by atoms with Crippen LogP contribution in [0.3, 0.4) is 0 Å². The van der Waals surface area contributed by atoms with Gasteiger partial charge in [0.15, 0.2) is 0 Å². The molecule has 0 aliphatic heterocycles. The number of primary amides is 1. The van der Waals surface area contributed by atoms with Gasteiger partial charge in [-0.3, -0.25) is 4.79 Å². The van der Waals surface area contributed by atoms with Gasteiger partial charge in [-0.1, -0.05) is 0 Å². The summed E-state index contributed by atoms with van der Waals surface area (Å²) in [7, 11) is 3.68. The second-order valence-electron chi connectivity index (χ2n) is 2.14. The summed E-state index contributed by atoms with van der Waals surface area (Å²) in [5.41, 5.74) is 5.52. The minimum atomic E-state index is -0.372. The average molecular weight is 128 g/mol. The Kier molecular flexibility index (Phi) is 2.78. The molecule has 0 saturated carbocycles. The van der Waals surface area contributed by atoms with Crippen LogP contribution in [0.1, 0.15) is 6.92 Å². The molecule has 0 aliphatic carbocycles. The highest BCUT2D eigenvalue weighted by Crippen LogP contribution is 1.90. The SMILES string of the molecule is C/C(=C/N(C)C)C(N)=O. The number of amides is 1. The first-order valence-electron chi connectivity index (χ1n) is 2.68. The van der Waals surface area contributed by atoms with E-state index in [1.807, 2.05) is 14.1 Å². The highest BCUT2D eigenvalue weighted by Gasteiger charge is 1.94. The van der Waals surface area contributed by atoms with Crippen LogP contribution in [-0.2, 0) is 4.79 Å². The molecule has 0 spiro atoms. The molecule has 0 aromatic rings.